The number of aryl methyl sites for hydroxylation is 2. The molecule has 21 heavy (non-hydrogen) atoms. The number of hydrogen-bond donors (Lipinski definition) is 2. The molecule has 3 heteroatoms. The van der Waals surface area contributed by atoms with Crippen LogP contribution in [0.3, 0.4) is 0 Å². The van der Waals surface area contributed by atoms with Gasteiger partial charge in [0, 0.05) is 17.1 Å². The van der Waals surface area contributed by atoms with Gasteiger partial charge in [0.25, 0.3) is 5.91 Å². The van der Waals surface area contributed by atoms with Crippen molar-refractivity contribution in [2.24, 2.45) is 0 Å². The fourth-order valence-electron chi connectivity index (χ4n) is 3.43. The molecular formula is C18H24N2O. The smallest absolute Gasteiger partial charge is 0.253 e. The summed E-state index contributed by atoms with van der Waals surface area (Å²) in [4.78, 5) is 16.0. The zero-order chi connectivity index (χ0) is 14.8. The van der Waals surface area contributed by atoms with E-state index in [1.54, 1.807) is 0 Å². The number of amides is 1. The Kier molecular flexibility index (Phi) is 4.00. The summed E-state index contributed by atoms with van der Waals surface area (Å²) in [6, 6.07) is 6.30. The monoisotopic (exact) mass is 284 g/mol. The van der Waals surface area contributed by atoms with E-state index in [0.717, 1.165) is 36.8 Å². The zero-order valence-electron chi connectivity index (χ0n) is 13.0. The third kappa shape index (κ3) is 2.69. The van der Waals surface area contributed by atoms with Gasteiger partial charge in [-0.2, -0.15) is 0 Å². The van der Waals surface area contributed by atoms with E-state index in [9.17, 15) is 4.79 Å². The van der Waals surface area contributed by atoms with Crippen LogP contribution in [0.2, 0.25) is 0 Å². The number of benzene rings is 1. The lowest BCUT2D eigenvalue weighted by molar-refractivity contribution is 0.0940. The standard InChI is InChI=1S/C18H24N2O/c1-3-7-12(2)19-18(21)15-10-6-9-14-13-8-4-5-11-16(13)20-17(14)15/h6,9-10,12,20H,3-5,7-8,11H2,1-2H3,(H,19,21). The molecule has 1 unspecified atom stereocenters. The van der Waals surface area contributed by atoms with Gasteiger partial charge in [-0.25, -0.2) is 0 Å². The Balaban J connectivity index is 1.95. The second-order valence-corrected chi connectivity index (χ2v) is 6.18. The van der Waals surface area contributed by atoms with Crippen molar-refractivity contribution < 1.29 is 4.79 Å². The average Bonchev–Trinajstić information content (AvgIpc) is 2.85. The fourth-order valence-corrected chi connectivity index (χ4v) is 3.43. The molecule has 1 aromatic carbocycles. The highest BCUT2D eigenvalue weighted by molar-refractivity contribution is 6.06. The van der Waals surface area contributed by atoms with Crippen molar-refractivity contribution in [2.45, 2.75) is 58.4 Å². The summed E-state index contributed by atoms with van der Waals surface area (Å²) in [5.41, 5.74) is 4.56. The van der Waals surface area contributed by atoms with Gasteiger partial charge in [-0.1, -0.05) is 25.5 Å². The molecule has 1 aliphatic rings. The third-order valence-corrected chi connectivity index (χ3v) is 4.48. The van der Waals surface area contributed by atoms with Crippen molar-refractivity contribution in [3.63, 3.8) is 0 Å². The summed E-state index contributed by atoms with van der Waals surface area (Å²) in [5, 5.41) is 4.35. The number of para-hydroxylation sites is 1. The van der Waals surface area contributed by atoms with E-state index >= 15 is 0 Å². The van der Waals surface area contributed by atoms with Crippen LogP contribution in [0, 0.1) is 0 Å². The Morgan fingerprint density at radius 2 is 2.14 bits per heavy atom. The molecule has 3 rings (SSSR count). The lowest BCUT2D eigenvalue weighted by atomic mass is 9.95. The Labute approximate surface area is 126 Å². The molecule has 2 aromatic rings. The highest BCUT2D eigenvalue weighted by Crippen LogP contribution is 2.30. The van der Waals surface area contributed by atoms with Crippen LogP contribution in [0.5, 0.6) is 0 Å². The van der Waals surface area contributed by atoms with Gasteiger partial charge < -0.3 is 10.3 Å². The molecule has 1 aliphatic carbocycles. The van der Waals surface area contributed by atoms with Crippen LogP contribution in [-0.4, -0.2) is 16.9 Å². The lowest BCUT2D eigenvalue weighted by Crippen LogP contribution is -2.32. The van der Waals surface area contributed by atoms with Crippen molar-refractivity contribution in [3.05, 3.63) is 35.0 Å². The normalized spacial score (nSPS) is 15.7. The van der Waals surface area contributed by atoms with Gasteiger partial charge in [-0.15, -0.1) is 0 Å². The predicted molar refractivity (Wildman–Crippen MR) is 86.8 cm³/mol. The predicted octanol–water partition coefficient (Wildman–Crippen LogP) is 3.97. The maximum Gasteiger partial charge on any atom is 0.253 e. The van der Waals surface area contributed by atoms with Crippen LogP contribution < -0.4 is 5.32 Å². The summed E-state index contributed by atoms with van der Waals surface area (Å²) >= 11 is 0. The van der Waals surface area contributed by atoms with E-state index < -0.39 is 0 Å². The van der Waals surface area contributed by atoms with Crippen molar-refractivity contribution in [1.82, 2.24) is 10.3 Å². The summed E-state index contributed by atoms with van der Waals surface area (Å²) in [6.07, 6.45) is 6.84. The maximum atomic E-state index is 12.5. The molecule has 3 nitrogen and oxygen atoms in total. The number of aromatic amines is 1. The van der Waals surface area contributed by atoms with Gasteiger partial charge in [0.15, 0.2) is 0 Å². The quantitative estimate of drug-likeness (QED) is 0.877. The largest absolute Gasteiger partial charge is 0.358 e. The average molecular weight is 284 g/mol. The van der Waals surface area contributed by atoms with Crippen molar-refractivity contribution in [1.29, 1.82) is 0 Å². The Morgan fingerprint density at radius 1 is 1.33 bits per heavy atom. The number of nitrogens with one attached hydrogen (secondary N) is 2. The van der Waals surface area contributed by atoms with Crippen LogP contribution in [-0.2, 0) is 12.8 Å². The van der Waals surface area contributed by atoms with Crippen LogP contribution in [0.4, 0.5) is 0 Å². The molecule has 0 radical (unpaired) electrons. The van der Waals surface area contributed by atoms with Gasteiger partial charge >= 0.3 is 0 Å². The molecule has 1 amide bonds. The Hall–Kier alpha value is -1.77. The second-order valence-electron chi connectivity index (χ2n) is 6.18. The fraction of sp³-hybridized carbons (Fsp3) is 0.500. The molecule has 2 N–H and O–H groups in total. The van der Waals surface area contributed by atoms with E-state index in [0.29, 0.717) is 0 Å². The molecule has 112 valence electrons. The molecule has 0 aliphatic heterocycles. The SMILES string of the molecule is CCCC(C)NC(=O)c1cccc2c3c([nH]c12)CCCC3. The summed E-state index contributed by atoms with van der Waals surface area (Å²) in [5.74, 6) is 0.0418. The topological polar surface area (TPSA) is 44.9 Å². The second kappa shape index (κ2) is 5.92. The number of carbonyl (C=O) groups excluding carboxylic acids is 1. The number of carbonyl (C=O) groups is 1. The first-order valence-corrected chi connectivity index (χ1v) is 8.14. The molecule has 0 spiro atoms. The highest BCUT2D eigenvalue weighted by atomic mass is 16.1. The van der Waals surface area contributed by atoms with Gasteiger partial charge in [-0.05, 0) is 50.7 Å². The summed E-state index contributed by atoms with van der Waals surface area (Å²) in [6.45, 7) is 4.21. The maximum absolute atomic E-state index is 12.5. The molecule has 0 fully saturated rings. The van der Waals surface area contributed by atoms with E-state index in [1.165, 1.54) is 29.5 Å². The minimum absolute atomic E-state index is 0.0418. The van der Waals surface area contributed by atoms with E-state index in [4.69, 9.17) is 0 Å². The molecule has 0 saturated heterocycles. The molecule has 1 aromatic heterocycles. The Bertz CT molecular complexity index is 657. The lowest BCUT2D eigenvalue weighted by Gasteiger charge is -2.13. The summed E-state index contributed by atoms with van der Waals surface area (Å²) < 4.78 is 0. The number of hydrogen-bond acceptors (Lipinski definition) is 1. The first-order chi connectivity index (χ1) is 10.2. The van der Waals surface area contributed by atoms with Crippen LogP contribution in [0.25, 0.3) is 10.9 Å². The Morgan fingerprint density at radius 3 is 2.95 bits per heavy atom. The van der Waals surface area contributed by atoms with Crippen LogP contribution >= 0.6 is 0 Å². The van der Waals surface area contributed by atoms with Crippen LogP contribution in [0.15, 0.2) is 18.2 Å². The van der Waals surface area contributed by atoms with Gasteiger partial charge in [0.2, 0.25) is 0 Å². The van der Waals surface area contributed by atoms with Crippen molar-refractivity contribution >= 4 is 16.8 Å². The zero-order valence-corrected chi connectivity index (χ0v) is 13.0. The number of rotatable bonds is 4. The first-order valence-electron chi connectivity index (χ1n) is 8.14. The highest BCUT2D eigenvalue weighted by Gasteiger charge is 2.19. The molecular weight excluding hydrogens is 260 g/mol. The third-order valence-electron chi connectivity index (χ3n) is 4.48. The molecule has 1 atom stereocenters. The van der Waals surface area contributed by atoms with Gasteiger partial charge in [0.1, 0.15) is 0 Å². The van der Waals surface area contributed by atoms with Gasteiger partial charge in [-0.3, -0.25) is 4.79 Å². The van der Waals surface area contributed by atoms with E-state index in [-0.39, 0.29) is 11.9 Å². The van der Waals surface area contributed by atoms with Crippen molar-refractivity contribution in [3.8, 4) is 0 Å². The number of aromatic nitrogens is 1. The van der Waals surface area contributed by atoms with Crippen LogP contribution in [0.1, 0.15) is 61.1 Å². The number of H-pyrrole nitrogens is 1. The van der Waals surface area contributed by atoms with Gasteiger partial charge in [0.05, 0.1) is 11.1 Å². The molecule has 1 heterocycles. The minimum atomic E-state index is 0.0418. The molecule has 0 saturated carbocycles. The van der Waals surface area contributed by atoms with Crippen molar-refractivity contribution in [2.75, 3.05) is 0 Å². The summed E-state index contributed by atoms with van der Waals surface area (Å²) in [7, 11) is 0. The number of fused-ring (bicyclic) bond motifs is 3. The molecule has 0 bridgehead atoms. The van der Waals surface area contributed by atoms with E-state index in [2.05, 4.69) is 30.2 Å². The van der Waals surface area contributed by atoms with E-state index in [1.807, 2.05) is 12.1 Å². The first kappa shape index (κ1) is 14.2. The minimum Gasteiger partial charge on any atom is -0.358 e.